The topological polar surface area (TPSA) is 101 Å². The lowest BCUT2D eigenvalue weighted by Gasteiger charge is -2.47. The summed E-state index contributed by atoms with van der Waals surface area (Å²) in [5, 5.41) is 2.32. The van der Waals surface area contributed by atoms with E-state index in [0.29, 0.717) is 56.8 Å². The molecular weight excluding hydrogens is 542 g/mol. The first-order valence-electron chi connectivity index (χ1n) is 15.3. The number of hydroxylamine groups is 2. The predicted octanol–water partition coefficient (Wildman–Crippen LogP) is 1.56. The molecule has 6 rings (SSSR count). The fourth-order valence-electron chi connectivity index (χ4n) is 6.97. The Kier molecular flexibility index (Phi) is 8.03. The van der Waals surface area contributed by atoms with Crippen LogP contribution in [0, 0.1) is 11.8 Å². The molecule has 0 radical (unpaired) electrons. The molecule has 0 N–H and O–H groups in total. The minimum Gasteiger partial charge on any atom is -0.346 e. The van der Waals surface area contributed by atoms with Crippen molar-refractivity contribution in [3.8, 4) is 0 Å². The van der Waals surface area contributed by atoms with E-state index in [1.54, 1.807) is 5.06 Å². The van der Waals surface area contributed by atoms with E-state index in [0.717, 1.165) is 44.0 Å². The van der Waals surface area contributed by atoms with Crippen molar-refractivity contribution in [1.29, 1.82) is 0 Å². The zero-order chi connectivity index (χ0) is 28.7. The second-order valence-corrected chi connectivity index (χ2v) is 12.7. The fraction of sp³-hybridized carbons (Fsp3) is 0.786. The standard InChI is InChI=1S/C28H43N9O3S/c1-20(2)19-40-37-13-8-21-22(38)18-23(39)28(21,37)32(3)27(41)36-16-14-35(15-17-36)26-30-24(33-9-4-5-10-33)29-25(31-26)34-11-6-7-12-34/h20-21H,4-19H2,1-3H3. The van der Waals surface area contributed by atoms with Gasteiger partial charge in [0.25, 0.3) is 0 Å². The molecule has 0 amide bonds. The summed E-state index contributed by atoms with van der Waals surface area (Å²) in [5.41, 5.74) is -1.16. The maximum atomic E-state index is 13.5. The quantitative estimate of drug-likeness (QED) is 0.342. The summed E-state index contributed by atoms with van der Waals surface area (Å²) < 4.78 is 0. The van der Waals surface area contributed by atoms with Crippen molar-refractivity contribution in [3.05, 3.63) is 0 Å². The molecule has 1 aromatic heterocycles. The van der Waals surface area contributed by atoms with Crippen molar-refractivity contribution >= 4 is 46.7 Å². The number of anilines is 3. The van der Waals surface area contributed by atoms with Crippen LogP contribution in [0.5, 0.6) is 0 Å². The second kappa shape index (κ2) is 11.6. The lowest BCUT2D eigenvalue weighted by atomic mass is 9.95. The van der Waals surface area contributed by atoms with Gasteiger partial charge in [-0.1, -0.05) is 13.8 Å². The Morgan fingerprint density at radius 1 is 0.878 bits per heavy atom. The Morgan fingerprint density at radius 2 is 1.39 bits per heavy atom. The first kappa shape index (κ1) is 28.5. The van der Waals surface area contributed by atoms with Crippen LogP contribution < -0.4 is 14.7 Å². The van der Waals surface area contributed by atoms with E-state index in [-0.39, 0.29) is 18.0 Å². The molecule has 5 heterocycles. The van der Waals surface area contributed by atoms with Crippen molar-refractivity contribution < 1.29 is 14.4 Å². The zero-order valence-electron chi connectivity index (χ0n) is 24.6. The molecule has 5 aliphatic rings. The Hall–Kier alpha value is -2.64. The van der Waals surface area contributed by atoms with Gasteiger partial charge < -0.3 is 24.5 Å². The summed E-state index contributed by atoms with van der Waals surface area (Å²) in [5.74, 6) is 2.03. The molecule has 224 valence electrons. The summed E-state index contributed by atoms with van der Waals surface area (Å²) in [7, 11) is 1.85. The van der Waals surface area contributed by atoms with Crippen LogP contribution in [0.4, 0.5) is 17.8 Å². The van der Waals surface area contributed by atoms with E-state index in [1.807, 2.05) is 11.9 Å². The molecule has 5 fully saturated rings. The number of Topliss-reactive ketones (excluding diaryl/α,β-unsaturated/α-hetero) is 2. The van der Waals surface area contributed by atoms with Gasteiger partial charge in [0, 0.05) is 66.0 Å². The third-order valence-electron chi connectivity index (χ3n) is 9.19. The van der Waals surface area contributed by atoms with E-state index in [2.05, 4.69) is 33.4 Å². The minimum absolute atomic E-state index is 0.0115. The van der Waals surface area contributed by atoms with Gasteiger partial charge in [0.15, 0.2) is 16.6 Å². The number of ketones is 2. The van der Waals surface area contributed by atoms with Crippen LogP contribution in [0.1, 0.15) is 52.4 Å². The van der Waals surface area contributed by atoms with Gasteiger partial charge in [0.2, 0.25) is 17.8 Å². The van der Waals surface area contributed by atoms with Crippen LogP contribution in [0.25, 0.3) is 0 Å². The van der Waals surface area contributed by atoms with E-state index < -0.39 is 11.6 Å². The molecule has 4 aliphatic heterocycles. The Bertz CT molecular complexity index is 1130. The summed E-state index contributed by atoms with van der Waals surface area (Å²) in [4.78, 5) is 58.0. The number of thiocarbonyl (C=S) groups is 1. The van der Waals surface area contributed by atoms with Crippen LogP contribution in [0.3, 0.4) is 0 Å². The molecule has 1 aliphatic carbocycles. The molecule has 13 heteroatoms. The highest BCUT2D eigenvalue weighted by Crippen LogP contribution is 2.45. The number of hydrogen-bond acceptors (Lipinski definition) is 11. The van der Waals surface area contributed by atoms with Crippen LogP contribution in [0.15, 0.2) is 0 Å². The number of carbonyl (C=O) groups excluding carboxylic acids is 2. The zero-order valence-corrected chi connectivity index (χ0v) is 25.4. The Balaban J connectivity index is 1.18. The molecule has 2 unspecified atom stereocenters. The summed E-state index contributed by atoms with van der Waals surface area (Å²) in [6, 6.07) is 0. The predicted molar refractivity (Wildman–Crippen MR) is 160 cm³/mol. The van der Waals surface area contributed by atoms with Crippen LogP contribution in [-0.2, 0) is 14.4 Å². The van der Waals surface area contributed by atoms with Crippen molar-refractivity contribution in [3.63, 3.8) is 0 Å². The van der Waals surface area contributed by atoms with Gasteiger partial charge in [-0.05, 0) is 50.2 Å². The number of likely N-dealkylation sites (N-methyl/N-ethyl adjacent to an activating group) is 1. The van der Waals surface area contributed by atoms with Gasteiger partial charge in [0.1, 0.15) is 5.78 Å². The van der Waals surface area contributed by atoms with Gasteiger partial charge in [-0.15, -0.1) is 0 Å². The Labute approximate surface area is 247 Å². The largest absolute Gasteiger partial charge is 0.346 e. The fourth-order valence-corrected chi connectivity index (χ4v) is 7.29. The number of carbonyl (C=O) groups is 2. The third kappa shape index (κ3) is 5.14. The van der Waals surface area contributed by atoms with E-state index in [4.69, 9.17) is 32.0 Å². The highest BCUT2D eigenvalue weighted by atomic mass is 32.1. The van der Waals surface area contributed by atoms with Crippen LogP contribution >= 0.6 is 12.2 Å². The average molecular weight is 586 g/mol. The molecule has 0 spiro atoms. The molecule has 4 saturated heterocycles. The maximum absolute atomic E-state index is 13.5. The molecule has 41 heavy (non-hydrogen) atoms. The average Bonchev–Trinajstić information content (AvgIpc) is 3.78. The molecule has 0 bridgehead atoms. The number of nitrogens with zero attached hydrogens (tertiary/aromatic N) is 9. The van der Waals surface area contributed by atoms with Gasteiger partial charge >= 0.3 is 0 Å². The molecule has 0 aromatic carbocycles. The minimum atomic E-state index is -1.16. The van der Waals surface area contributed by atoms with Crippen molar-refractivity contribution in [1.82, 2.24) is 29.8 Å². The summed E-state index contributed by atoms with van der Waals surface area (Å²) in [6.45, 7) is 11.9. The molecular formula is C28H43N9O3S. The van der Waals surface area contributed by atoms with Crippen molar-refractivity contribution in [2.45, 2.75) is 58.0 Å². The van der Waals surface area contributed by atoms with Crippen molar-refractivity contribution in [2.24, 2.45) is 11.8 Å². The first-order valence-corrected chi connectivity index (χ1v) is 15.7. The number of aromatic nitrogens is 3. The summed E-state index contributed by atoms with van der Waals surface area (Å²) >= 11 is 6.01. The highest BCUT2D eigenvalue weighted by Gasteiger charge is 2.65. The summed E-state index contributed by atoms with van der Waals surface area (Å²) in [6.07, 6.45) is 5.20. The van der Waals surface area contributed by atoms with E-state index in [1.165, 1.54) is 25.7 Å². The number of hydrogen-bond donors (Lipinski definition) is 0. The van der Waals surface area contributed by atoms with Gasteiger partial charge in [-0.3, -0.25) is 14.4 Å². The molecule has 1 aromatic rings. The van der Waals surface area contributed by atoms with E-state index >= 15 is 0 Å². The number of rotatable bonds is 7. The smallest absolute Gasteiger partial charge is 0.232 e. The van der Waals surface area contributed by atoms with E-state index in [9.17, 15) is 9.59 Å². The SMILES string of the molecule is CC(C)CON1CCC2C(=O)CC(=O)C21N(C)C(=S)N1CCN(c2nc(N3CCCC3)nc(N3CCCC3)n2)CC1. The normalized spacial score (nSPS) is 27.1. The second-order valence-electron chi connectivity index (χ2n) is 12.4. The molecule has 1 saturated carbocycles. The highest BCUT2D eigenvalue weighted by molar-refractivity contribution is 7.80. The maximum Gasteiger partial charge on any atom is 0.232 e. The Morgan fingerprint density at radius 3 is 1.90 bits per heavy atom. The van der Waals surface area contributed by atoms with Gasteiger partial charge in [-0.25, -0.2) is 0 Å². The lowest BCUT2D eigenvalue weighted by Crippen LogP contribution is -2.66. The van der Waals surface area contributed by atoms with Crippen molar-refractivity contribution in [2.75, 3.05) is 87.3 Å². The monoisotopic (exact) mass is 585 g/mol. The lowest BCUT2D eigenvalue weighted by molar-refractivity contribution is -0.235. The third-order valence-corrected chi connectivity index (χ3v) is 9.73. The molecule has 2 atom stereocenters. The van der Waals surface area contributed by atoms with Crippen LogP contribution in [0.2, 0.25) is 0 Å². The van der Waals surface area contributed by atoms with Crippen LogP contribution in [-0.4, -0.2) is 125 Å². The van der Waals surface area contributed by atoms with Gasteiger partial charge in [-0.2, -0.15) is 20.0 Å². The number of fused-ring (bicyclic) bond motifs is 1. The molecule has 12 nitrogen and oxygen atoms in total. The first-order chi connectivity index (χ1) is 19.8. The number of piperazine rings is 1. The van der Waals surface area contributed by atoms with Gasteiger partial charge in [0.05, 0.1) is 18.9 Å².